The Balaban J connectivity index is 1.51. The van der Waals surface area contributed by atoms with Crippen LogP contribution >= 0.6 is 0 Å². The van der Waals surface area contributed by atoms with Crippen LogP contribution in [0.2, 0.25) is 0 Å². The number of amides is 2. The number of aromatic nitrogens is 3. The van der Waals surface area contributed by atoms with Gasteiger partial charge < -0.3 is 0 Å². The summed E-state index contributed by atoms with van der Waals surface area (Å²) in [5.41, 5.74) is 2.74. The molecule has 2 aromatic rings. The number of hydrogen-bond acceptors (Lipinski definition) is 5. The van der Waals surface area contributed by atoms with Crippen LogP contribution in [-0.4, -0.2) is 55.1 Å². The Morgan fingerprint density at radius 2 is 2.25 bits per heavy atom. The van der Waals surface area contributed by atoms with Gasteiger partial charge in [-0.05, 0) is 37.1 Å². The molecule has 1 unspecified atom stereocenters. The number of hydrogen-bond donors (Lipinski definition) is 1. The summed E-state index contributed by atoms with van der Waals surface area (Å²) < 4.78 is 15.2. The van der Waals surface area contributed by atoms with Gasteiger partial charge in [-0.1, -0.05) is 12.1 Å². The Labute approximate surface area is 162 Å². The first-order chi connectivity index (χ1) is 13.4. The summed E-state index contributed by atoms with van der Waals surface area (Å²) in [6, 6.07) is 5.99. The summed E-state index contributed by atoms with van der Waals surface area (Å²) in [5.74, 6) is 0.0787. The predicted octanol–water partition coefficient (Wildman–Crippen LogP) is 0.795. The van der Waals surface area contributed by atoms with Crippen molar-refractivity contribution >= 4 is 11.8 Å². The maximum Gasteiger partial charge on any atom is 0.245 e. The predicted molar refractivity (Wildman–Crippen MR) is 98.0 cm³/mol. The molecule has 0 aliphatic carbocycles. The molecule has 1 spiro atoms. The molecule has 0 saturated carbocycles. The molecule has 2 aliphatic heterocycles. The molecular formula is C19H23FN6O2. The molecule has 8 nitrogen and oxygen atoms in total. The highest BCUT2D eigenvalue weighted by Crippen LogP contribution is 2.34. The number of halogens is 1. The lowest BCUT2D eigenvalue weighted by atomic mass is 9.85. The van der Waals surface area contributed by atoms with Crippen molar-refractivity contribution < 1.29 is 14.0 Å². The molecule has 0 bridgehead atoms. The minimum Gasteiger partial charge on any atom is -0.294 e. The number of nitrogens with one attached hydrogen (secondary N) is 1. The van der Waals surface area contributed by atoms with Crippen LogP contribution < -0.4 is 5.43 Å². The fourth-order valence-electron chi connectivity index (χ4n) is 4.22. The number of piperidine rings is 1. The summed E-state index contributed by atoms with van der Waals surface area (Å²) in [5, 5.41) is 5.59. The largest absolute Gasteiger partial charge is 0.294 e. The van der Waals surface area contributed by atoms with Crippen molar-refractivity contribution in [2.45, 2.75) is 37.8 Å². The maximum absolute atomic E-state index is 13.5. The van der Waals surface area contributed by atoms with Gasteiger partial charge >= 0.3 is 0 Å². The van der Waals surface area contributed by atoms with E-state index in [4.69, 9.17) is 0 Å². The Morgan fingerprint density at radius 3 is 3.00 bits per heavy atom. The van der Waals surface area contributed by atoms with E-state index in [9.17, 15) is 14.0 Å². The first-order valence-corrected chi connectivity index (χ1v) is 9.37. The second-order valence-electron chi connectivity index (χ2n) is 7.59. The number of hydrazine groups is 1. The molecule has 1 aromatic carbocycles. The fourth-order valence-corrected chi connectivity index (χ4v) is 4.22. The Morgan fingerprint density at radius 1 is 1.39 bits per heavy atom. The van der Waals surface area contributed by atoms with Crippen LogP contribution in [0.15, 0.2) is 30.6 Å². The molecule has 2 amide bonds. The van der Waals surface area contributed by atoms with Gasteiger partial charge in [-0.3, -0.25) is 24.6 Å². The normalized spacial score (nSPS) is 22.6. The fraction of sp³-hybridized carbons (Fsp3) is 0.474. The zero-order valence-electron chi connectivity index (χ0n) is 15.8. The van der Waals surface area contributed by atoms with Crippen molar-refractivity contribution in [2.24, 2.45) is 7.05 Å². The van der Waals surface area contributed by atoms with E-state index in [1.54, 1.807) is 16.8 Å². The molecule has 2 fully saturated rings. The Bertz CT molecular complexity index is 900. The van der Waals surface area contributed by atoms with Crippen LogP contribution in [0, 0.1) is 5.82 Å². The monoisotopic (exact) mass is 386 g/mol. The first-order valence-electron chi connectivity index (χ1n) is 9.37. The van der Waals surface area contributed by atoms with E-state index in [0.717, 1.165) is 25.2 Å². The van der Waals surface area contributed by atoms with Crippen molar-refractivity contribution in [3.8, 4) is 0 Å². The van der Waals surface area contributed by atoms with Crippen LogP contribution in [0.4, 0.5) is 4.39 Å². The molecule has 0 radical (unpaired) electrons. The van der Waals surface area contributed by atoms with E-state index in [0.29, 0.717) is 18.7 Å². The number of nitrogens with zero attached hydrogens (tertiary/aromatic N) is 5. The average molecular weight is 386 g/mol. The molecule has 9 heteroatoms. The zero-order valence-corrected chi connectivity index (χ0v) is 15.8. The molecule has 1 aromatic heterocycles. The van der Waals surface area contributed by atoms with E-state index in [2.05, 4.69) is 20.4 Å². The van der Waals surface area contributed by atoms with E-state index in [1.165, 1.54) is 23.5 Å². The van der Waals surface area contributed by atoms with Crippen LogP contribution in [0.5, 0.6) is 0 Å². The molecule has 2 aliphatic rings. The van der Waals surface area contributed by atoms with Gasteiger partial charge in [0.15, 0.2) is 0 Å². The van der Waals surface area contributed by atoms with Gasteiger partial charge in [-0.15, -0.1) is 0 Å². The van der Waals surface area contributed by atoms with E-state index >= 15 is 0 Å². The molecule has 2 saturated heterocycles. The lowest BCUT2D eigenvalue weighted by Gasteiger charge is -2.44. The number of aryl methyl sites for hydroxylation is 1. The molecule has 3 heterocycles. The second-order valence-corrected chi connectivity index (χ2v) is 7.59. The van der Waals surface area contributed by atoms with Crippen molar-refractivity contribution in [2.75, 3.05) is 13.1 Å². The first kappa shape index (κ1) is 18.5. The van der Waals surface area contributed by atoms with Crippen LogP contribution in [-0.2, 0) is 29.6 Å². The second kappa shape index (κ2) is 7.31. The summed E-state index contributed by atoms with van der Waals surface area (Å²) in [4.78, 5) is 31.6. The van der Waals surface area contributed by atoms with Crippen molar-refractivity contribution in [3.05, 3.63) is 47.8 Å². The molecule has 148 valence electrons. The number of rotatable bonds is 4. The van der Waals surface area contributed by atoms with Gasteiger partial charge in [0.1, 0.15) is 18.0 Å². The molecule has 1 atom stereocenters. The van der Waals surface area contributed by atoms with Gasteiger partial charge in [0.05, 0.1) is 24.9 Å². The van der Waals surface area contributed by atoms with Crippen LogP contribution in [0.1, 0.15) is 30.7 Å². The SMILES string of the molecule is Cn1ncnc1CN1CCCC2(CC(=O)NN2C(=O)Cc2cccc(F)c2)C1. The third-order valence-electron chi connectivity index (χ3n) is 5.50. The third-order valence-corrected chi connectivity index (χ3v) is 5.50. The smallest absolute Gasteiger partial charge is 0.245 e. The highest BCUT2D eigenvalue weighted by molar-refractivity contribution is 5.88. The van der Waals surface area contributed by atoms with Gasteiger partial charge in [0, 0.05) is 13.6 Å². The van der Waals surface area contributed by atoms with Gasteiger partial charge in [0.2, 0.25) is 11.8 Å². The lowest BCUT2D eigenvalue weighted by molar-refractivity contribution is -0.142. The average Bonchev–Trinajstić information content (AvgIpc) is 3.18. The van der Waals surface area contributed by atoms with Crippen molar-refractivity contribution in [1.29, 1.82) is 0 Å². The molecule has 28 heavy (non-hydrogen) atoms. The summed E-state index contributed by atoms with van der Waals surface area (Å²) in [6.07, 6.45) is 3.46. The van der Waals surface area contributed by atoms with Crippen LogP contribution in [0.25, 0.3) is 0 Å². The zero-order chi connectivity index (χ0) is 19.7. The third kappa shape index (κ3) is 3.62. The van der Waals surface area contributed by atoms with Gasteiger partial charge in [-0.25, -0.2) is 14.4 Å². The van der Waals surface area contributed by atoms with Crippen LogP contribution in [0.3, 0.4) is 0 Å². The quantitative estimate of drug-likeness (QED) is 0.840. The van der Waals surface area contributed by atoms with E-state index in [-0.39, 0.29) is 30.5 Å². The highest BCUT2D eigenvalue weighted by Gasteiger charge is 2.50. The Kier molecular flexibility index (Phi) is 4.84. The minimum atomic E-state index is -0.585. The highest BCUT2D eigenvalue weighted by atomic mass is 19.1. The van der Waals surface area contributed by atoms with E-state index in [1.807, 2.05) is 7.05 Å². The summed E-state index contributed by atoms with van der Waals surface area (Å²) in [6.45, 7) is 2.06. The molecule has 4 rings (SSSR count). The van der Waals surface area contributed by atoms with Crippen molar-refractivity contribution in [1.82, 2.24) is 30.1 Å². The van der Waals surface area contributed by atoms with Crippen molar-refractivity contribution in [3.63, 3.8) is 0 Å². The Hall–Kier alpha value is -2.81. The maximum atomic E-state index is 13.5. The molecule has 1 N–H and O–H groups in total. The summed E-state index contributed by atoms with van der Waals surface area (Å²) >= 11 is 0. The number of carbonyl (C=O) groups excluding carboxylic acids is 2. The lowest BCUT2D eigenvalue weighted by Crippen LogP contribution is -2.59. The van der Waals surface area contributed by atoms with Gasteiger partial charge in [0.25, 0.3) is 0 Å². The van der Waals surface area contributed by atoms with Gasteiger partial charge in [-0.2, -0.15) is 5.10 Å². The number of likely N-dealkylation sites (tertiary alicyclic amines) is 1. The number of benzene rings is 1. The topological polar surface area (TPSA) is 83.4 Å². The summed E-state index contributed by atoms with van der Waals surface area (Å²) in [7, 11) is 1.84. The standard InChI is InChI=1S/C19H23FN6O2/c1-24-16(21-13-22-24)11-25-7-3-6-19(12-25)10-17(27)23-26(19)18(28)9-14-4-2-5-15(20)8-14/h2,4-5,8,13H,3,6-7,9-12H2,1H3,(H,23,27). The molecular weight excluding hydrogens is 363 g/mol. The van der Waals surface area contributed by atoms with E-state index < -0.39 is 5.54 Å². The number of carbonyl (C=O) groups is 2. The minimum absolute atomic E-state index is 0.0447.